The number of rotatable bonds is 4. The second kappa shape index (κ2) is 6.02. The van der Waals surface area contributed by atoms with Gasteiger partial charge in [0.15, 0.2) is 0 Å². The summed E-state index contributed by atoms with van der Waals surface area (Å²) in [6.45, 7) is 5.23. The van der Waals surface area contributed by atoms with E-state index in [0.717, 1.165) is 19.3 Å². The van der Waals surface area contributed by atoms with Crippen LogP contribution in [0.3, 0.4) is 0 Å². The van der Waals surface area contributed by atoms with Gasteiger partial charge in [0.25, 0.3) is 5.56 Å². The summed E-state index contributed by atoms with van der Waals surface area (Å²) in [6.07, 6.45) is 0.867. The predicted molar refractivity (Wildman–Crippen MR) is 70.1 cm³/mol. The third kappa shape index (κ3) is 3.14. The molecule has 0 saturated carbocycles. The molecule has 1 aliphatic rings. The van der Waals surface area contributed by atoms with Crippen molar-refractivity contribution in [3.8, 4) is 0 Å². The number of hydrogen-bond acceptors (Lipinski definition) is 5. The van der Waals surface area contributed by atoms with Crippen molar-refractivity contribution in [2.45, 2.75) is 19.6 Å². The Hall–Kier alpha value is -1.93. The Kier molecular flexibility index (Phi) is 4.35. The molecule has 2 heterocycles. The molecule has 0 amide bonds. The van der Waals surface area contributed by atoms with Gasteiger partial charge in [0.2, 0.25) is 0 Å². The minimum Gasteiger partial charge on any atom is -0.477 e. The van der Waals surface area contributed by atoms with Crippen LogP contribution in [0.25, 0.3) is 0 Å². The molecule has 110 valence electrons. The number of aromatic amines is 1. The lowest BCUT2D eigenvalue weighted by Gasteiger charge is -2.32. The smallest absolute Gasteiger partial charge is 0.342 e. The Labute approximate surface area is 114 Å². The first kappa shape index (κ1) is 14.5. The zero-order chi connectivity index (χ0) is 14.7. The Morgan fingerprint density at radius 3 is 2.95 bits per heavy atom. The maximum absolute atomic E-state index is 11.7. The van der Waals surface area contributed by atoms with Gasteiger partial charge in [-0.2, -0.15) is 0 Å². The number of carboxylic acids is 1. The van der Waals surface area contributed by atoms with E-state index in [1.807, 2.05) is 11.9 Å². The van der Waals surface area contributed by atoms with E-state index in [-0.39, 0.29) is 12.6 Å². The van der Waals surface area contributed by atoms with E-state index < -0.39 is 22.8 Å². The van der Waals surface area contributed by atoms with Crippen molar-refractivity contribution >= 4 is 5.97 Å². The molecule has 8 nitrogen and oxygen atoms in total. The Morgan fingerprint density at radius 2 is 2.30 bits per heavy atom. The third-order valence-corrected chi connectivity index (χ3v) is 3.31. The fraction of sp³-hybridized carbons (Fsp3) is 0.583. The SMILES string of the molecule is CCN1CCOC(Cn2cc(C(=O)O)c(=O)[nH]c2=O)C1. The first-order valence-corrected chi connectivity index (χ1v) is 6.42. The maximum Gasteiger partial charge on any atom is 0.342 e. The zero-order valence-corrected chi connectivity index (χ0v) is 11.2. The highest BCUT2D eigenvalue weighted by molar-refractivity contribution is 5.86. The lowest BCUT2D eigenvalue weighted by Crippen LogP contribution is -2.46. The molecular formula is C12H17N3O5. The topological polar surface area (TPSA) is 105 Å². The van der Waals surface area contributed by atoms with Crippen LogP contribution in [-0.2, 0) is 11.3 Å². The molecule has 2 rings (SSSR count). The molecule has 1 aromatic heterocycles. The number of ether oxygens (including phenoxy) is 1. The lowest BCUT2D eigenvalue weighted by atomic mass is 10.2. The summed E-state index contributed by atoms with van der Waals surface area (Å²) in [4.78, 5) is 38.1. The first-order valence-electron chi connectivity index (χ1n) is 6.42. The molecule has 1 saturated heterocycles. The number of hydrogen-bond donors (Lipinski definition) is 2. The lowest BCUT2D eigenvalue weighted by molar-refractivity contribution is -0.0349. The number of nitrogens with zero attached hydrogens (tertiary/aromatic N) is 2. The van der Waals surface area contributed by atoms with Crippen molar-refractivity contribution in [3.63, 3.8) is 0 Å². The maximum atomic E-state index is 11.7. The van der Waals surface area contributed by atoms with Crippen molar-refractivity contribution in [2.24, 2.45) is 0 Å². The summed E-state index contributed by atoms with van der Waals surface area (Å²) in [5.74, 6) is -1.36. The van der Waals surface area contributed by atoms with Crippen LogP contribution >= 0.6 is 0 Å². The quantitative estimate of drug-likeness (QED) is 0.731. The van der Waals surface area contributed by atoms with E-state index in [4.69, 9.17) is 9.84 Å². The van der Waals surface area contributed by atoms with Crippen molar-refractivity contribution in [1.29, 1.82) is 0 Å². The molecule has 1 aromatic rings. The highest BCUT2D eigenvalue weighted by Gasteiger charge is 2.21. The third-order valence-electron chi connectivity index (χ3n) is 3.31. The number of morpholine rings is 1. The summed E-state index contributed by atoms with van der Waals surface area (Å²) in [5.41, 5.74) is -1.97. The van der Waals surface area contributed by atoms with Crippen LogP contribution in [0.15, 0.2) is 15.8 Å². The number of carboxylic acid groups (broad SMARTS) is 1. The van der Waals surface area contributed by atoms with Crippen molar-refractivity contribution in [3.05, 3.63) is 32.6 Å². The van der Waals surface area contributed by atoms with Gasteiger partial charge in [0.1, 0.15) is 5.56 Å². The molecule has 1 unspecified atom stereocenters. The van der Waals surface area contributed by atoms with Gasteiger partial charge >= 0.3 is 11.7 Å². The van der Waals surface area contributed by atoms with Crippen molar-refractivity contribution < 1.29 is 14.6 Å². The highest BCUT2D eigenvalue weighted by atomic mass is 16.5. The molecule has 0 spiro atoms. The molecular weight excluding hydrogens is 266 g/mol. The van der Waals surface area contributed by atoms with Gasteiger partial charge in [-0.25, -0.2) is 9.59 Å². The van der Waals surface area contributed by atoms with E-state index in [0.29, 0.717) is 13.2 Å². The highest BCUT2D eigenvalue weighted by Crippen LogP contribution is 2.06. The molecule has 20 heavy (non-hydrogen) atoms. The number of aromatic nitrogens is 2. The Bertz CT molecular complexity index is 606. The molecule has 1 fully saturated rings. The van der Waals surface area contributed by atoms with E-state index in [1.54, 1.807) is 0 Å². The summed E-state index contributed by atoms with van der Waals surface area (Å²) in [6, 6.07) is 0. The molecule has 0 radical (unpaired) electrons. The zero-order valence-electron chi connectivity index (χ0n) is 11.2. The first-order chi connectivity index (χ1) is 9.51. The van der Waals surface area contributed by atoms with Gasteiger partial charge in [-0.1, -0.05) is 6.92 Å². The molecule has 0 aliphatic carbocycles. The number of aromatic carboxylic acids is 1. The predicted octanol–water partition coefficient (Wildman–Crippen LogP) is -1.04. The van der Waals surface area contributed by atoms with Gasteiger partial charge in [-0.05, 0) is 6.54 Å². The normalized spacial score (nSPS) is 19.9. The molecule has 0 bridgehead atoms. The number of likely N-dealkylation sites (N-methyl/N-ethyl adjacent to an activating group) is 1. The van der Waals surface area contributed by atoms with E-state index in [9.17, 15) is 14.4 Å². The summed E-state index contributed by atoms with van der Waals surface area (Å²) in [7, 11) is 0. The van der Waals surface area contributed by atoms with Crippen LogP contribution in [-0.4, -0.2) is 57.9 Å². The van der Waals surface area contributed by atoms with Gasteiger partial charge in [-0.15, -0.1) is 0 Å². The van der Waals surface area contributed by atoms with Crippen LogP contribution in [0.2, 0.25) is 0 Å². The van der Waals surface area contributed by atoms with Crippen LogP contribution < -0.4 is 11.2 Å². The number of carbonyl (C=O) groups is 1. The van der Waals surface area contributed by atoms with Crippen LogP contribution in [0.4, 0.5) is 0 Å². The molecule has 0 aromatic carbocycles. The van der Waals surface area contributed by atoms with Gasteiger partial charge in [-0.3, -0.25) is 19.2 Å². The molecule has 8 heteroatoms. The monoisotopic (exact) mass is 283 g/mol. The minimum atomic E-state index is -1.36. The van der Waals surface area contributed by atoms with Crippen molar-refractivity contribution in [1.82, 2.24) is 14.5 Å². The van der Waals surface area contributed by atoms with Gasteiger partial charge in [0.05, 0.1) is 19.3 Å². The van der Waals surface area contributed by atoms with E-state index in [1.165, 1.54) is 4.57 Å². The largest absolute Gasteiger partial charge is 0.477 e. The van der Waals surface area contributed by atoms with Crippen LogP contribution in [0.1, 0.15) is 17.3 Å². The fourth-order valence-electron chi connectivity index (χ4n) is 2.19. The van der Waals surface area contributed by atoms with E-state index >= 15 is 0 Å². The molecule has 1 aliphatic heterocycles. The average Bonchev–Trinajstić information content (AvgIpc) is 2.41. The van der Waals surface area contributed by atoms with Crippen LogP contribution in [0.5, 0.6) is 0 Å². The van der Waals surface area contributed by atoms with Gasteiger partial charge < -0.3 is 9.84 Å². The summed E-state index contributed by atoms with van der Waals surface area (Å²) < 4.78 is 6.73. The van der Waals surface area contributed by atoms with Gasteiger partial charge in [0, 0.05) is 19.3 Å². The summed E-state index contributed by atoms with van der Waals surface area (Å²) in [5, 5.41) is 8.89. The second-order valence-electron chi connectivity index (χ2n) is 4.65. The Morgan fingerprint density at radius 1 is 1.55 bits per heavy atom. The molecule has 2 N–H and O–H groups in total. The van der Waals surface area contributed by atoms with Crippen molar-refractivity contribution in [2.75, 3.05) is 26.2 Å². The minimum absolute atomic E-state index is 0.200. The second-order valence-corrected chi connectivity index (χ2v) is 4.65. The number of H-pyrrole nitrogens is 1. The fourth-order valence-corrected chi connectivity index (χ4v) is 2.19. The number of nitrogens with one attached hydrogen (secondary N) is 1. The molecule has 1 atom stereocenters. The van der Waals surface area contributed by atoms with Crippen LogP contribution in [0, 0.1) is 0 Å². The average molecular weight is 283 g/mol. The summed E-state index contributed by atoms with van der Waals surface area (Å²) >= 11 is 0. The Balaban J connectivity index is 2.21. The van der Waals surface area contributed by atoms with E-state index in [2.05, 4.69) is 4.90 Å². The standard InChI is InChI=1S/C12H17N3O5/c1-2-14-3-4-20-8(5-14)6-15-7-9(11(17)18)10(16)13-12(15)19/h7-8H,2-6H2,1H3,(H,17,18)(H,13,16,19).